The third-order valence-corrected chi connectivity index (χ3v) is 3.81. The lowest BCUT2D eigenvalue weighted by Crippen LogP contribution is -2.01. The fraction of sp³-hybridized carbons (Fsp3) is 0.211. The Balaban J connectivity index is 1.52. The van der Waals surface area contributed by atoms with E-state index in [0.717, 1.165) is 29.2 Å². The summed E-state index contributed by atoms with van der Waals surface area (Å²) in [4.78, 5) is 4.50. The molecule has 0 unspecified atom stereocenters. The number of aromatic nitrogens is 1. The van der Waals surface area contributed by atoms with Crippen molar-refractivity contribution in [2.45, 2.75) is 12.8 Å². The summed E-state index contributed by atoms with van der Waals surface area (Å²) in [7, 11) is 1.63. The molecule has 3 aromatic rings. The van der Waals surface area contributed by atoms with Crippen molar-refractivity contribution in [1.29, 1.82) is 0 Å². The first-order chi connectivity index (χ1) is 11.8. The largest absolute Gasteiger partial charge is 0.493 e. The molecular formula is C19H18ClNO3. The molecule has 0 saturated carbocycles. The van der Waals surface area contributed by atoms with E-state index in [1.165, 1.54) is 0 Å². The summed E-state index contributed by atoms with van der Waals surface area (Å²) in [6.07, 6.45) is 3.18. The van der Waals surface area contributed by atoms with Crippen molar-refractivity contribution in [3.8, 4) is 22.8 Å². The molecule has 0 fully saturated rings. The van der Waals surface area contributed by atoms with Gasteiger partial charge in [0.2, 0.25) is 0 Å². The minimum atomic E-state index is 0.568. The van der Waals surface area contributed by atoms with Crippen molar-refractivity contribution in [2.24, 2.45) is 0 Å². The lowest BCUT2D eigenvalue weighted by molar-refractivity contribution is 0.285. The number of methoxy groups -OCH3 is 1. The summed E-state index contributed by atoms with van der Waals surface area (Å²) in [5.74, 6) is 2.18. The van der Waals surface area contributed by atoms with Crippen molar-refractivity contribution >= 4 is 11.6 Å². The van der Waals surface area contributed by atoms with Gasteiger partial charge in [-0.1, -0.05) is 35.9 Å². The average Bonchev–Trinajstić information content (AvgIpc) is 3.08. The molecule has 0 N–H and O–H groups in total. The van der Waals surface area contributed by atoms with Crippen molar-refractivity contribution in [2.75, 3.05) is 13.7 Å². The van der Waals surface area contributed by atoms with Crippen LogP contribution in [0.4, 0.5) is 0 Å². The molecule has 3 rings (SSSR count). The fourth-order valence-corrected chi connectivity index (χ4v) is 2.45. The van der Waals surface area contributed by atoms with Gasteiger partial charge >= 0.3 is 0 Å². The van der Waals surface area contributed by atoms with Crippen molar-refractivity contribution in [3.05, 3.63) is 65.7 Å². The Morgan fingerprint density at radius 2 is 1.79 bits per heavy atom. The third-order valence-electron chi connectivity index (χ3n) is 3.55. The van der Waals surface area contributed by atoms with Gasteiger partial charge in [-0.05, 0) is 30.7 Å². The molecule has 124 valence electrons. The number of hydrogen-bond acceptors (Lipinski definition) is 4. The van der Waals surface area contributed by atoms with Crippen LogP contribution in [-0.4, -0.2) is 18.7 Å². The van der Waals surface area contributed by atoms with Crippen LogP contribution < -0.4 is 9.47 Å². The second-order valence-corrected chi connectivity index (χ2v) is 5.67. The van der Waals surface area contributed by atoms with Gasteiger partial charge in [0.25, 0.3) is 0 Å². The van der Waals surface area contributed by atoms with Gasteiger partial charge < -0.3 is 13.9 Å². The highest BCUT2D eigenvalue weighted by Gasteiger charge is 2.07. The van der Waals surface area contributed by atoms with Gasteiger partial charge in [-0.25, -0.2) is 4.98 Å². The molecule has 1 heterocycles. The zero-order valence-corrected chi connectivity index (χ0v) is 14.1. The Hall–Kier alpha value is -2.46. The van der Waals surface area contributed by atoms with Crippen LogP contribution in [0.2, 0.25) is 5.02 Å². The molecule has 0 radical (unpaired) electrons. The molecule has 0 aliphatic heterocycles. The van der Waals surface area contributed by atoms with Crippen LogP contribution in [0.1, 0.15) is 12.3 Å². The highest BCUT2D eigenvalue weighted by molar-refractivity contribution is 6.30. The summed E-state index contributed by atoms with van der Waals surface area (Å²) in [6.45, 7) is 0.568. The number of halogens is 1. The Labute approximate surface area is 146 Å². The van der Waals surface area contributed by atoms with Crippen molar-refractivity contribution in [1.82, 2.24) is 4.98 Å². The van der Waals surface area contributed by atoms with E-state index >= 15 is 0 Å². The maximum absolute atomic E-state index is 5.89. The first kappa shape index (κ1) is 16.4. The molecule has 0 spiro atoms. The van der Waals surface area contributed by atoms with Crippen LogP contribution in [-0.2, 0) is 6.42 Å². The topological polar surface area (TPSA) is 44.5 Å². The van der Waals surface area contributed by atoms with Crippen LogP contribution in [0.15, 0.2) is 59.2 Å². The summed E-state index contributed by atoms with van der Waals surface area (Å²) >= 11 is 5.89. The number of nitrogens with zero attached hydrogens (tertiary/aromatic N) is 1. The molecule has 0 bridgehead atoms. The maximum atomic E-state index is 5.89. The quantitative estimate of drug-likeness (QED) is 0.565. The number of hydrogen-bond donors (Lipinski definition) is 0. The Bertz CT molecular complexity index is 783. The molecule has 0 atom stereocenters. The van der Waals surface area contributed by atoms with Gasteiger partial charge in [-0.15, -0.1) is 0 Å². The van der Waals surface area contributed by atoms with Gasteiger partial charge in [-0.3, -0.25) is 0 Å². The van der Waals surface area contributed by atoms with Gasteiger partial charge in [0, 0.05) is 17.0 Å². The van der Waals surface area contributed by atoms with Gasteiger partial charge in [0.05, 0.1) is 13.7 Å². The number of ether oxygens (including phenoxy) is 2. The van der Waals surface area contributed by atoms with Crippen LogP contribution in [0.3, 0.4) is 0 Å². The van der Waals surface area contributed by atoms with Crippen molar-refractivity contribution in [3.63, 3.8) is 0 Å². The van der Waals surface area contributed by atoms with E-state index in [9.17, 15) is 0 Å². The standard InChI is InChI=1S/C19H18ClNO3/c1-22-17-5-2-3-6-18(17)23-12-4-7-19-21-16(13-24-19)14-8-10-15(20)11-9-14/h2-3,5-6,8-11,13H,4,7,12H2,1H3. The molecule has 4 nitrogen and oxygen atoms in total. The van der Waals surface area contributed by atoms with Gasteiger partial charge in [-0.2, -0.15) is 0 Å². The molecule has 0 saturated heterocycles. The van der Waals surface area contributed by atoms with Crippen LogP contribution in [0, 0.1) is 0 Å². The van der Waals surface area contributed by atoms with Crippen LogP contribution >= 0.6 is 11.6 Å². The second-order valence-electron chi connectivity index (χ2n) is 5.24. The van der Waals surface area contributed by atoms with E-state index in [0.29, 0.717) is 23.9 Å². The normalized spacial score (nSPS) is 10.6. The molecule has 1 aromatic heterocycles. The fourth-order valence-electron chi connectivity index (χ4n) is 2.32. The molecule has 0 aliphatic carbocycles. The lowest BCUT2D eigenvalue weighted by atomic mass is 10.2. The molecular weight excluding hydrogens is 326 g/mol. The zero-order chi connectivity index (χ0) is 16.8. The smallest absolute Gasteiger partial charge is 0.194 e. The second kappa shape index (κ2) is 7.88. The Morgan fingerprint density at radius 1 is 1.04 bits per heavy atom. The van der Waals surface area contributed by atoms with Gasteiger partial charge in [0.15, 0.2) is 17.4 Å². The Kier molecular flexibility index (Phi) is 5.39. The predicted molar refractivity (Wildman–Crippen MR) is 93.8 cm³/mol. The van der Waals surface area contributed by atoms with Crippen LogP contribution in [0.25, 0.3) is 11.3 Å². The number of oxazole rings is 1. The highest BCUT2D eigenvalue weighted by Crippen LogP contribution is 2.26. The van der Waals surface area contributed by atoms with E-state index in [2.05, 4.69) is 4.98 Å². The molecule has 24 heavy (non-hydrogen) atoms. The minimum Gasteiger partial charge on any atom is -0.493 e. The molecule has 2 aromatic carbocycles. The summed E-state index contributed by atoms with van der Waals surface area (Å²) < 4.78 is 16.5. The summed E-state index contributed by atoms with van der Waals surface area (Å²) in [5, 5.41) is 0.705. The number of para-hydroxylation sites is 2. The molecule has 0 amide bonds. The third kappa shape index (κ3) is 4.09. The van der Waals surface area contributed by atoms with Gasteiger partial charge in [0.1, 0.15) is 12.0 Å². The lowest BCUT2D eigenvalue weighted by Gasteiger charge is -2.09. The number of rotatable bonds is 7. The monoisotopic (exact) mass is 343 g/mol. The predicted octanol–water partition coefficient (Wildman–Crippen LogP) is 5.02. The van der Waals surface area contributed by atoms with E-state index in [4.69, 9.17) is 25.5 Å². The van der Waals surface area contributed by atoms with E-state index in [-0.39, 0.29) is 0 Å². The molecule has 5 heteroatoms. The Morgan fingerprint density at radius 3 is 2.54 bits per heavy atom. The maximum Gasteiger partial charge on any atom is 0.194 e. The van der Waals surface area contributed by atoms with E-state index in [1.54, 1.807) is 13.4 Å². The summed E-state index contributed by atoms with van der Waals surface area (Å²) in [5.41, 5.74) is 1.80. The number of aryl methyl sites for hydroxylation is 1. The number of benzene rings is 2. The highest BCUT2D eigenvalue weighted by atomic mass is 35.5. The van der Waals surface area contributed by atoms with E-state index in [1.807, 2.05) is 48.5 Å². The zero-order valence-electron chi connectivity index (χ0n) is 13.4. The van der Waals surface area contributed by atoms with Crippen LogP contribution in [0.5, 0.6) is 11.5 Å². The molecule has 0 aliphatic rings. The SMILES string of the molecule is COc1ccccc1OCCCc1nc(-c2ccc(Cl)cc2)co1. The van der Waals surface area contributed by atoms with E-state index < -0.39 is 0 Å². The average molecular weight is 344 g/mol. The first-order valence-electron chi connectivity index (χ1n) is 7.72. The summed E-state index contributed by atoms with van der Waals surface area (Å²) in [6, 6.07) is 15.1. The minimum absolute atomic E-state index is 0.568. The first-order valence-corrected chi connectivity index (χ1v) is 8.10. The van der Waals surface area contributed by atoms with Crippen molar-refractivity contribution < 1.29 is 13.9 Å².